The largest absolute Gasteiger partial charge is 0.379 e. The summed E-state index contributed by atoms with van der Waals surface area (Å²) in [6, 6.07) is 0.408. The number of hydrogen-bond acceptors (Lipinski definition) is 3. The van der Waals surface area contributed by atoms with Crippen molar-refractivity contribution in [2.24, 2.45) is 11.8 Å². The standard InChI is InChI=1S/C18H34N2O2/c1-4-15(5-2)17(20-9-11-22-12-10-20)18(21)19-16-8-6-7-14(3)13-16/h14-17H,4-13H2,1-3H3,(H,19,21)/t14-,16-,17+/m0/s1. The van der Waals surface area contributed by atoms with Crippen LogP contribution in [0.15, 0.2) is 0 Å². The van der Waals surface area contributed by atoms with Crippen molar-refractivity contribution in [2.45, 2.75) is 71.4 Å². The van der Waals surface area contributed by atoms with E-state index < -0.39 is 0 Å². The Balaban J connectivity index is 2.00. The van der Waals surface area contributed by atoms with Crippen molar-refractivity contribution in [2.75, 3.05) is 26.3 Å². The Morgan fingerprint density at radius 3 is 2.50 bits per heavy atom. The van der Waals surface area contributed by atoms with E-state index in [1.165, 1.54) is 12.8 Å². The minimum Gasteiger partial charge on any atom is -0.379 e. The molecule has 1 saturated heterocycles. The molecule has 2 aliphatic rings. The third-order valence-corrected chi connectivity index (χ3v) is 5.49. The summed E-state index contributed by atoms with van der Waals surface area (Å²) in [4.78, 5) is 15.3. The van der Waals surface area contributed by atoms with Gasteiger partial charge in [0.1, 0.15) is 0 Å². The second-order valence-electron chi connectivity index (χ2n) is 7.15. The lowest BCUT2D eigenvalue weighted by molar-refractivity contribution is -0.131. The van der Waals surface area contributed by atoms with Crippen LogP contribution in [0.25, 0.3) is 0 Å². The van der Waals surface area contributed by atoms with E-state index in [1.807, 2.05) is 0 Å². The van der Waals surface area contributed by atoms with Crippen LogP contribution in [0.4, 0.5) is 0 Å². The maximum absolute atomic E-state index is 13.0. The van der Waals surface area contributed by atoms with Crippen LogP contribution in [0.1, 0.15) is 59.3 Å². The van der Waals surface area contributed by atoms with Crippen LogP contribution in [0, 0.1) is 11.8 Å². The third kappa shape index (κ3) is 4.69. The first-order valence-electron chi connectivity index (χ1n) is 9.27. The molecule has 3 atom stereocenters. The zero-order valence-corrected chi connectivity index (χ0v) is 14.6. The van der Waals surface area contributed by atoms with Crippen molar-refractivity contribution in [3.05, 3.63) is 0 Å². The fourth-order valence-electron chi connectivity index (χ4n) is 4.12. The summed E-state index contributed by atoms with van der Waals surface area (Å²) >= 11 is 0. The number of carbonyl (C=O) groups is 1. The summed E-state index contributed by atoms with van der Waals surface area (Å²) in [6.07, 6.45) is 6.98. The molecule has 2 rings (SSSR count). The van der Waals surface area contributed by atoms with Gasteiger partial charge in [0.25, 0.3) is 0 Å². The maximum Gasteiger partial charge on any atom is 0.237 e. The van der Waals surface area contributed by atoms with Gasteiger partial charge in [-0.15, -0.1) is 0 Å². The SMILES string of the molecule is CCC(CC)[C@H](C(=O)N[C@H]1CCC[C@H](C)C1)N1CCOCC1. The molecule has 1 heterocycles. The molecule has 128 valence electrons. The molecule has 0 unspecified atom stereocenters. The summed E-state index contributed by atoms with van der Waals surface area (Å²) in [5.74, 6) is 1.45. The quantitative estimate of drug-likeness (QED) is 0.820. The van der Waals surface area contributed by atoms with Gasteiger partial charge >= 0.3 is 0 Å². The van der Waals surface area contributed by atoms with Crippen LogP contribution < -0.4 is 5.32 Å². The topological polar surface area (TPSA) is 41.6 Å². The summed E-state index contributed by atoms with van der Waals surface area (Å²) < 4.78 is 5.47. The van der Waals surface area contributed by atoms with Gasteiger partial charge in [0.05, 0.1) is 19.3 Å². The zero-order chi connectivity index (χ0) is 15.9. The van der Waals surface area contributed by atoms with Crippen molar-refractivity contribution in [3.63, 3.8) is 0 Å². The lowest BCUT2D eigenvalue weighted by atomic mass is 9.86. The van der Waals surface area contributed by atoms with Gasteiger partial charge in [-0.25, -0.2) is 0 Å². The van der Waals surface area contributed by atoms with Crippen LogP contribution in [-0.2, 0) is 9.53 Å². The molecule has 0 bridgehead atoms. The van der Waals surface area contributed by atoms with E-state index in [4.69, 9.17) is 4.74 Å². The second-order valence-corrected chi connectivity index (χ2v) is 7.15. The van der Waals surface area contributed by atoms with E-state index >= 15 is 0 Å². The fraction of sp³-hybridized carbons (Fsp3) is 0.944. The Bertz CT molecular complexity index is 338. The molecule has 0 aromatic carbocycles. The molecular formula is C18H34N2O2. The summed E-state index contributed by atoms with van der Waals surface area (Å²) in [7, 11) is 0. The van der Waals surface area contributed by atoms with Crippen molar-refractivity contribution < 1.29 is 9.53 Å². The first-order chi connectivity index (χ1) is 10.7. The second kappa shape index (κ2) is 8.88. The molecule has 0 spiro atoms. The number of nitrogens with one attached hydrogen (secondary N) is 1. The highest BCUT2D eigenvalue weighted by Crippen LogP contribution is 2.25. The van der Waals surface area contributed by atoms with Crippen molar-refractivity contribution in [3.8, 4) is 0 Å². The normalized spacial score (nSPS) is 28.5. The summed E-state index contributed by atoms with van der Waals surface area (Å²) in [6.45, 7) is 9.99. The van der Waals surface area contributed by atoms with Gasteiger partial charge in [-0.2, -0.15) is 0 Å². The highest BCUT2D eigenvalue weighted by molar-refractivity contribution is 5.82. The number of nitrogens with zero attached hydrogens (tertiary/aromatic N) is 1. The molecular weight excluding hydrogens is 276 g/mol. The number of carbonyl (C=O) groups excluding carboxylic acids is 1. The van der Waals surface area contributed by atoms with Gasteiger partial charge in [-0.05, 0) is 24.7 Å². The third-order valence-electron chi connectivity index (χ3n) is 5.49. The maximum atomic E-state index is 13.0. The van der Waals surface area contributed by atoms with Crippen LogP contribution in [0.5, 0.6) is 0 Å². The van der Waals surface area contributed by atoms with E-state index in [9.17, 15) is 4.79 Å². The highest BCUT2D eigenvalue weighted by atomic mass is 16.5. The molecule has 4 heteroatoms. The molecule has 1 N–H and O–H groups in total. The number of morpholine rings is 1. The Hall–Kier alpha value is -0.610. The van der Waals surface area contributed by atoms with Crippen molar-refractivity contribution in [1.29, 1.82) is 0 Å². The molecule has 2 fully saturated rings. The number of hydrogen-bond donors (Lipinski definition) is 1. The van der Waals surface area contributed by atoms with E-state index in [-0.39, 0.29) is 11.9 Å². The number of amides is 1. The minimum atomic E-state index is 0.0242. The van der Waals surface area contributed by atoms with Crippen molar-refractivity contribution in [1.82, 2.24) is 10.2 Å². The molecule has 0 radical (unpaired) electrons. The Morgan fingerprint density at radius 2 is 1.91 bits per heavy atom. The first-order valence-corrected chi connectivity index (χ1v) is 9.27. The van der Waals surface area contributed by atoms with Crippen LogP contribution in [-0.4, -0.2) is 49.2 Å². The lowest BCUT2D eigenvalue weighted by Gasteiger charge is -2.39. The molecule has 4 nitrogen and oxygen atoms in total. The molecule has 0 aromatic rings. The smallest absolute Gasteiger partial charge is 0.237 e. The van der Waals surface area contributed by atoms with Crippen LogP contribution in [0.2, 0.25) is 0 Å². The minimum absolute atomic E-state index is 0.0242. The average molecular weight is 310 g/mol. The number of rotatable bonds is 6. The van der Waals surface area contributed by atoms with Gasteiger partial charge in [-0.3, -0.25) is 9.69 Å². The number of ether oxygens (including phenoxy) is 1. The monoisotopic (exact) mass is 310 g/mol. The van der Waals surface area contributed by atoms with E-state index in [2.05, 4.69) is 31.0 Å². The van der Waals surface area contributed by atoms with Crippen LogP contribution >= 0.6 is 0 Å². The zero-order valence-electron chi connectivity index (χ0n) is 14.6. The molecule has 1 aliphatic carbocycles. The van der Waals surface area contributed by atoms with E-state index in [0.717, 1.165) is 57.9 Å². The summed E-state index contributed by atoms with van der Waals surface area (Å²) in [5, 5.41) is 3.37. The van der Waals surface area contributed by atoms with Gasteiger partial charge in [-0.1, -0.05) is 46.5 Å². The summed E-state index contributed by atoms with van der Waals surface area (Å²) in [5.41, 5.74) is 0. The molecule has 1 aliphatic heterocycles. The van der Waals surface area contributed by atoms with E-state index in [0.29, 0.717) is 12.0 Å². The highest BCUT2D eigenvalue weighted by Gasteiger charge is 2.34. The van der Waals surface area contributed by atoms with E-state index in [1.54, 1.807) is 0 Å². The molecule has 22 heavy (non-hydrogen) atoms. The lowest BCUT2D eigenvalue weighted by Crippen LogP contribution is -2.56. The van der Waals surface area contributed by atoms with Crippen LogP contribution in [0.3, 0.4) is 0 Å². The fourth-order valence-corrected chi connectivity index (χ4v) is 4.12. The van der Waals surface area contributed by atoms with Gasteiger partial charge in [0.2, 0.25) is 5.91 Å². The van der Waals surface area contributed by atoms with Gasteiger partial charge in [0.15, 0.2) is 0 Å². The average Bonchev–Trinajstić information content (AvgIpc) is 2.53. The van der Waals surface area contributed by atoms with Crippen molar-refractivity contribution >= 4 is 5.91 Å². The molecule has 1 amide bonds. The predicted molar refractivity (Wildman–Crippen MR) is 89.8 cm³/mol. The Labute approximate surface area is 136 Å². The molecule has 1 saturated carbocycles. The molecule has 0 aromatic heterocycles. The Kier molecular flexibility index (Phi) is 7.16. The van der Waals surface area contributed by atoms with Gasteiger partial charge in [0, 0.05) is 19.1 Å². The van der Waals surface area contributed by atoms with Gasteiger partial charge < -0.3 is 10.1 Å². The predicted octanol–water partition coefficient (Wildman–Crippen LogP) is 2.82. The Morgan fingerprint density at radius 1 is 1.23 bits per heavy atom. The first kappa shape index (κ1) is 17.7.